The highest BCUT2D eigenvalue weighted by Crippen LogP contribution is 2.26. The molecule has 0 radical (unpaired) electrons. The molecule has 1 aliphatic rings. The molecule has 4 rings (SSSR count). The summed E-state index contributed by atoms with van der Waals surface area (Å²) < 4.78 is 1.65. The Balaban J connectivity index is 1.56. The van der Waals surface area contributed by atoms with Gasteiger partial charge in [0.05, 0.1) is 33.8 Å². The standard InChI is InChI=1S/C19H21Cl2N5O/c20-14-3-1-2-13(18(14)21)11-26-16-8-17(24-10-15(16)25-19(26)27)23-7-5-12-4-6-22-9-12/h1-3,8,10,12,22H,4-7,9,11H2,(H,23,24)(H,25,27). The highest BCUT2D eigenvalue weighted by atomic mass is 35.5. The first kappa shape index (κ1) is 18.3. The minimum absolute atomic E-state index is 0.197. The topological polar surface area (TPSA) is 74.7 Å². The lowest BCUT2D eigenvalue weighted by molar-refractivity contribution is 0.549. The van der Waals surface area contributed by atoms with Crippen molar-refractivity contribution in [3.8, 4) is 0 Å². The first-order chi connectivity index (χ1) is 13.1. The third-order valence-corrected chi connectivity index (χ3v) is 5.90. The predicted octanol–water partition coefficient (Wildman–Crippen LogP) is 3.49. The molecule has 1 saturated heterocycles. The number of pyridine rings is 1. The number of H-pyrrole nitrogens is 1. The minimum Gasteiger partial charge on any atom is -0.370 e. The van der Waals surface area contributed by atoms with Gasteiger partial charge < -0.3 is 15.6 Å². The molecule has 1 aliphatic heterocycles. The minimum atomic E-state index is -0.197. The number of aromatic nitrogens is 3. The van der Waals surface area contributed by atoms with Gasteiger partial charge in [0.15, 0.2) is 0 Å². The molecule has 0 spiro atoms. The zero-order chi connectivity index (χ0) is 18.8. The number of anilines is 1. The van der Waals surface area contributed by atoms with Gasteiger partial charge in [-0.1, -0.05) is 35.3 Å². The van der Waals surface area contributed by atoms with Gasteiger partial charge in [-0.25, -0.2) is 9.78 Å². The number of imidazole rings is 1. The van der Waals surface area contributed by atoms with Crippen molar-refractivity contribution >= 4 is 40.1 Å². The smallest absolute Gasteiger partial charge is 0.326 e. The van der Waals surface area contributed by atoms with E-state index in [9.17, 15) is 4.79 Å². The average molecular weight is 406 g/mol. The molecule has 0 amide bonds. The second-order valence-corrected chi connectivity index (χ2v) is 7.68. The van der Waals surface area contributed by atoms with Crippen molar-refractivity contribution in [3.05, 3.63) is 56.6 Å². The van der Waals surface area contributed by atoms with Crippen LogP contribution in [0.1, 0.15) is 18.4 Å². The van der Waals surface area contributed by atoms with Gasteiger partial charge in [-0.05, 0) is 43.5 Å². The maximum atomic E-state index is 12.4. The van der Waals surface area contributed by atoms with Crippen LogP contribution in [0.2, 0.25) is 10.0 Å². The van der Waals surface area contributed by atoms with Gasteiger partial charge in [0.2, 0.25) is 0 Å². The third-order valence-electron chi connectivity index (χ3n) is 5.04. The zero-order valence-corrected chi connectivity index (χ0v) is 16.3. The molecule has 1 aromatic carbocycles. The number of nitrogens with zero attached hydrogens (tertiary/aromatic N) is 2. The molecule has 3 heterocycles. The number of halogens is 2. The first-order valence-corrected chi connectivity index (χ1v) is 9.83. The molecule has 27 heavy (non-hydrogen) atoms. The monoisotopic (exact) mass is 405 g/mol. The zero-order valence-electron chi connectivity index (χ0n) is 14.8. The fourth-order valence-electron chi connectivity index (χ4n) is 3.52. The number of nitrogens with one attached hydrogen (secondary N) is 3. The van der Waals surface area contributed by atoms with E-state index < -0.39 is 0 Å². The average Bonchev–Trinajstić information content (AvgIpc) is 3.27. The molecular formula is C19H21Cl2N5O. The summed E-state index contributed by atoms with van der Waals surface area (Å²) in [7, 11) is 0. The summed E-state index contributed by atoms with van der Waals surface area (Å²) in [5.41, 5.74) is 2.09. The fraction of sp³-hybridized carbons (Fsp3) is 0.368. The second-order valence-electron chi connectivity index (χ2n) is 6.89. The number of rotatable bonds is 6. The Morgan fingerprint density at radius 2 is 2.22 bits per heavy atom. The Morgan fingerprint density at radius 3 is 3.04 bits per heavy atom. The normalized spacial score (nSPS) is 16.9. The molecule has 3 aromatic rings. The van der Waals surface area contributed by atoms with Crippen molar-refractivity contribution in [1.29, 1.82) is 0 Å². The van der Waals surface area contributed by atoms with Crippen LogP contribution in [-0.4, -0.2) is 34.2 Å². The molecule has 2 aromatic heterocycles. The molecule has 0 saturated carbocycles. The van der Waals surface area contributed by atoms with Crippen molar-refractivity contribution in [2.75, 3.05) is 25.0 Å². The third kappa shape index (κ3) is 3.98. The second kappa shape index (κ2) is 7.92. The number of benzene rings is 1. The summed E-state index contributed by atoms with van der Waals surface area (Å²) >= 11 is 12.4. The maximum absolute atomic E-state index is 12.4. The fourth-order valence-corrected chi connectivity index (χ4v) is 3.90. The summed E-state index contributed by atoms with van der Waals surface area (Å²) in [6.45, 7) is 3.40. The Kier molecular flexibility index (Phi) is 5.38. The van der Waals surface area contributed by atoms with Gasteiger partial charge in [0, 0.05) is 12.6 Å². The molecule has 8 heteroatoms. The molecule has 0 bridgehead atoms. The van der Waals surface area contributed by atoms with Crippen molar-refractivity contribution in [2.45, 2.75) is 19.4 Å². The lowest BCUT2D eigenvalue weighted by Gasteiger charge is -2.10. The van der Waals surface area contributed by atoms with E-state index in [-0.39, 0.29) is 5.69 Å². The molecule has 3 N–H and O–H groups in total. The van der Waals surface area contributed by atoms with Gasteiger partial charge in [-0.2, -0.15) is 0 Å². The van der Waals surface area contributed by atoms with Gasteiger partial charge in [-0.3, -0.25) is 4.57 Å². The van der Waals surface area contributed by atoms with Crippen LogP contribution in [0.15, 0.2) is 35.3 Å². The molecule has 1 atom stereocenters. The number of hydrogen-bond acceptors (Lipinski definition) is 4. The van der Waals surface area contributed by atoms with E-state index in [1.54, 1.807) is 16.8 Å². The van der Waals surface area contributed by atoms with Gasteiger partial charge in [0.25, 0.3) is 0 Å². The highest BCUT2D eigenvalue weighted by Gasteiger charge is 2.14. The van der Waals surface area contributed by atoms with Crippen LogP contribution in [-0.2, 0) is 6.54 Å². The van der Waals surface area contributed by atoms with E-state index in [0.29, 0.717) is 22.1 Å². The number of aromatic amines is 1. The van der Waals surface area contributed by atoms with Crippen molar-refractivity contribution in [2.24, 2.45) is 5.92 Å². The van der Waals surface area contributed by atoms with E-state index in [1.165, 1.54) is 6.42 Å². The quantitative estimate of drug-likeness (QED) is 0.586. The lowest BCUT2D eigenvalue weighted by Crippen LogP contribution is -2.17. The molecule has 0 aliphatic carbocycles. The Bertz CT molecular complexity index is 1010. The van der Waals surface area contributed by atoms with Crippen LogP contribution >= 0.6 is 23.2 Å². The van der Waals surface area contributed by atoms with Crippen LogP contribution in [0.5, 0.6) is 0 Å². The van der Waals surface area contributed by atoms with Crippen LogP contribution in [0.3, 0.4) is 0 Å². The van der Waals surface area contributed by atoms with E-state index in [1.807, 2.05) is 18.2 Å². The van der Waals surface area contributed by atoms with Gasteiger partial charge in [-0.15, -0.1) is 0 Å². The summed E-state index contributed by atoms with van der Waals surface area (Å²) in [5, 5.41) is 7.70. The predicted molar refractivity (Wildman–Crippen MR) is 110 cm³/mol. The largest absolute Gasteiger partial charge is 0.370 e. The first-order valence-electron chi connectivity index (χ1n) is 9.08. The number of fused-ring (bicyclic) bond motifs is 1. The van der Waals surface area contributed by atoms with Crippen LogP contribution < -0.4 is 16.3 Å². The van der Waals surface area contributed by atoms with E-state index in [0.717, 1.165) is 48.9 Å². The summed E-state index contributed by atoms with van der Waals surface area (Å²) in [5.74, 6) is 1.48. The summed E-state index contributed by atoms with van der Waals surface area (Å²) in [4.78, 5) is 19.7. The van der Waals surface area contributed by atoms with Crippen molar-refractivity contribution in [1.82, 2.24) is 19.9 Å². The summed E-state index contributed by atoms with van der Waals surface area (Å²) in [6, 6.07) is 7.33. The van der Waals surface area contributed by atoms with Crippen molar-refractivity contribution in [3.63, 3.8) is 0 Å². The van der Waals surface area contributed by atoms with Gasteiger partial charge >= 0.3 is 5.69 Å². The van der Waals surface area contributed by atoms with Crippen LogP contribution in [0, 0.1) is 5.92 Å². The van der Waals surface area contributed by atoms with E-state index in [4.69, 9.17) is 23.2 Å². The molecule has 1 unspecified atom stereocenters. The molecule has 142 valence electrons. The van der Waals surface area contributed by atoms with E-state index >= 15 is 0 Å². The van der Waals surface area contributed by atoms with E-state index in [2.05, 4.69) is 20.6 Å². The lowest BCUT2D eigenvalue weighted by atomic mass is 10.1. The number of hydrogen-bond donors (Lipinski definition) is 3. The molecule has 6 nitrogen and oxygen atoms in total. The summed E-state index contributed by atoms with van der Waals surface area (Å²) in [6.07, 6.45) is 4.02. The Labute approximate surface area is 166 Å². The Morgan fingerprint density at radius 1 is 1.33 bits per heavy atom. The molecular weight excluding hydrogens is 385 g/mol. The van der Waals surface area contributed by atoms with Crippen LogP contribution in [0.25, 0.3) is 11.0 Å². The molecule has 1 fully saturated rings. The maximum Gasteiger partial charge on any atom is 0.326 e. The van der Waals surface area contributed by atoms with Crippen LogP contribution in [0.4, 0.5) is 5.82 Å². The SMILES string of the molecule is O=c1[nH]c2cnc(NCCC3CCNC3)cc2n1Cc1cccc(Cl)c1Cl. The Hall–Kier alpha value is -2.02. The van der Waals surface area contributed by atoms with Crippen molar-refractivity contribution < 1.29 is 0 Å². The van der Waals surface area contributed by atoms with Gasteiger partial charge in [0.1, 0.15) is 5.82 Å². The highest BCUT2D eigenvalue weighted by molar-refractivity contribution is 6.42.